The smallest absolute Gasteiger partial charge is 0.140 e. The Labute approximate surface area is 120 Å². The molecule has 1 aromatic carbocycles. The quantitative estimate of drug-likeness (QED) is 0.808. The van der Waals surface area contributed by atoms with Gasteiger partial charge in [-0.15, -0.1) is 0 Å². The first-order valence-electron chi connectivity index (χ1n) is 6.13. The highest BCUT2D eigenvalue weighted by Crippen LogP contribution is 2.31. The van der Waals surface area contributed by atoms with Gasteiger partial charge >= 0.3 is 0 Å². The van der Waals surface area contributed by atoms with E-state index in [1.807, 2.05) is 13.0 Å². The maximum absolute atomic E-state index is 6.10. The van der Waals surface area contributed by atoms with E-state index in [4.69, 9.17) is 27.9 Å². The molecule has 0 amide bonds. The molecule has 1 rings (SSSR count). The van der Waals surface area contributed by atoms with Gasteiger partial charge in [-0.05, 0) is 58.4 Å². The van der Waals surface area contributed by atoms with Crippen molar-refractivity contribution in [3.63, 3.8) is 0 Å². The van der Waals surface area contributed by atoms with Crippen molar-refractivity contribution >= 4 is 23.2 Å². The van der Waals surface area contributed by atoms with E-state index in [0.717, 1.165) is 24.3 Å². The zero-order valence-electron chi connectivity index (χ0n) is 11.4. The van der Waals surface area contributed by atoms with Gasteiger partial charge in [-0.3, -0.25) is 0 Å². The van der Waals surface area contributed by atoms with E-state index in [1.54, 1.807) is 6.07 Å². The minimum atomic E-state index is 0.147. The first-order chi connectivity index (χ1) is 8.29. The molecule has 0 aliphatic carbocycles. The molecule has 4 heteroatoms. The average molecular weight is 290 g/mol. The zero-order valence-corrected chi connectivity index (χ0v) is 13.0. The Morgan fingerprint density at radius 1 is 1.22 bits per heavy atom. The first kappa shape index (κ1) is 15.6. The predicted molar refractivity (Wildman–Crippen MR) is 79.1 cm³/mol. The lowest BCUT2D eigenvalue weighted by Gasteiger charge is -2.20. The van der Waals surface area contributed by atoms with Crippen molar-refractivity contribution in [1.29, 1.82) is 0 Å². The third-order valence-corrected chi connectivity index (χ3v) is 2.92. The standard InChI is InChI=1S/C14H21Cl2NO/c1-10-8-11(15)9-12(16)13(10)18-7-5-6-17-14(2,3)4/h8-9,17H,5-7H2,1-4H3. The SMILES string of the molecule is Cc1cc(Cl)cc(Cl)c1OCCCNC(C)(C)C. The van der Waals surface area contributed by atoms with Crippen LogP contribution in [0.15, 0.2) is 12.1 Å². The third-order valence-electron chi connectivity index (χ3n) is 2.42. The summed E-state index contributed by atoms with van der Waals surface area (Å²) in [5.74, 6) is 0.733. The van der Waals surface area contributed by atoms with Crippen LogP contribution in [0.4, 0.5) is 0 Å². The number of hydrogen-bond acceptors (Lipinski definition) is 2. The van der Waals surface area contributed by atoms with Gasteiger partial charge in [0.2, 0.25) is 0 Å². The Bertz CT molecular complexity index is 376. The van der Waals surface area contributed by atoms with Crippen LogP contribution in [0.3, 0.4) is 0 Å². The van der Waals surface area contributed by atoms with Crippen molar-refractivity contribution in [2.24, 2.45) is 0 Å². The fourth-order valence-electron chi connectivity index (χ4n) is 1.58. The van der Waals surface area contributed by atoms with E-state index in [-0.39, 0.29) is 5.54 Å². The van der Waals surface area contributed by atoms with Crippen LogP contribution in [-0.2, 0) is 0 Å². The lowest BCUT2D eigenvalue weighted by atomic mass is 10.1. The Morgan fingerprint density at radius 3 is 2.44 bits per heavy atom. The summed E-state index contributed by atoms with van der Waals surface area (Å²) in [6, 6.07) is 3.56. The maximum atomic E-state index is 6.10. The minimum absolute atomic E-state index is 0.147. The fraction of sp³-hybridized carbons (Fsp3) is 0.571. The highest BCUT2D eigenvalue weighted by molar-refractivity contribution is 6.35. The van der Waals surface area contributed by atoms with Crippen molar-refractivity contribution in [3.8, 4) is 5.75 Å². The molecule has 2 nitrogen and oxygen atoms in total. The van der Waals surface area contributed by atoms with Crippen molar-refractivity contribution in [1.82, 2.24) is 5.32 Å². The fourth-order valence-corrected chi connectivity index (χ4v) is 2.23. The van der Waals surface area contributed by atoms with Gasteiger partial charge in [0.25, 0.3) is 0 Å². The molecule has 0 bridgehead atoms. The highest BCUT2D eigenvalue weighted by atomic mass is 35.5. The Kier molecular flexibility index (Phi) is 5.77. The summed E-state index contributed by atoms with van der Waals surface area (Å²) in [7, 11) is 0. The molecule has 1 aromatic rings. The number of rotatable bonds is 5. The number of ether oxygens (including phenoxy) is 1. The van der Waals surface area contributed by atoms with Gasteiger partial charge in [-0.1, -0.05) is 23.2 Å². The van der Waals surface area contributed by atoms with Crippen molar-refractivity contribution < 1.29 is 4.74 Å². The van der Waals surface area contributed by atoms with Crippen molar-refractivity contribution in [3.05, 3.63) is 27.7 Å². The van der Waals surface area contributed by atoms with Gasteiger partial charge in [0.1, 0.15) is 5.75 Å². The molecule has 0 heterocycles. The van der Waals surface area contributed by atoms with Crippen LogP contribution in [0.2, 0.25) is 10.0 Å². The number of halogens is 2. The monoisotopic (exact) mass is 289 g/mol. The normalized spacial score (nSPS) is 11.7. The summed E-state index contributed by atoms with van der Waals surface area (Å²) in [5.41, 5.74) is 1.12. The Hall–Kier alpha value is -0.440. The van der Waals surface area contributed by atoms with Crippen LogP contribution < -0.4 is 10.1 Å². The third kappa shape index (κ3) is 5.47. The molecule has 0 fully saturated rings. The molecular weight excluding hydrogens is 269 g/mol. The van der Waals surface area contributed by atoms with Crippen LogP contribution >= 0.6 is 23.2 Å². The molecule has 0 saturated carbocycles. The molecule has 1 N–H and O–H groups in total. The topological polar surface area (TPSA) is 21.3 Å². The summed E-state index contributed by atoms with van der Waals surface area (Å²) >= 11 is 12.0. The van der Waals surface area contributed by atoms with Crippen molar-refractivity contribution in [2.45, 2.75) is 39.7 Å². The van der Waals surface area contributed by atoms with Crippen LogP contribution in [0, 0.1) is 6.92 Å². The van der Waals surface area contributed by atoms with Gasteiger partial charge < -0.3 is 10.1 Å². The minimum Gasteiger partial charge on any atom is -0.492 e. The van der Waals surface area contributed by atoms with Crippen LogP contribution in [-0.4, -0.2) is 18.7 Å². The Balaban J connectivity index is 2.41. The van der Waals surface area contributed by atoms with E-state index in [0.29, 0.717) is 16.7 Å². The maximum Gasteiger partial charge on any atom is 0.140 e. The number of hydrogen-bond donors (Lipinski definition) is 1. The first-order valence-corrected chi connectivity index (χ1v) is 6.88. The summed E-state index contributed by atoms with van der Waals surface area (Å²) in [4.78, 5) is 0. The second-order valence-corrected chi connectivity index (χ2v) is 6.26. The Morgan fingerprint density at radius 2 is 1.89 bits per heavy atom. The van der Waals surface area contributed by atoms with Crippen LogP contribution in [0.1, 0.15) is 32.8 Å². The number of aryl methyl sites for hydroxylation is 1. The molecule has 0 saturated heterocycles. The molecule has 0 aromatic heterocycles. The van der Waals surface area contributed by atoms with Gasteiger partial charge in [0.05, 0.1) is 11.6 Å². The van der Waals surface area contributed by atoms with E-state index >= 15 is 0 Å². The van der Waals surface area contributed by atoms with Gasteiger partial charge in [-0.2, -0.15) is 0 Å². The van der Waals surface area contributed by atoms with E-state index in [2.05, 4.69) is 26.1 Å². The molecule has 0 atom stereocenters. The van der Waals surface area contributed by atoms with Crippen molar-refractivity contribution in [2.75, 3.05) is 13.2 Å². The van der Waals surface area contributed by atoms with Gasteiger partial charge in [0, 0.05) is 10.6 Å². The summed E-state index contributed by atoms with van der Waals surface area (Å²) in [6.45, 7) is 9.95. The number of nitrogens with one attached hydrogen (secondary N) is 1. The van der Waals surface area contributed by atoms with E-state index in [1.165, 1.54) is 0 Å². The molecule has 0 aliphatic rings. The second kappa shape index (κ2) is 6.65. The predicted octanol–water partition coefficient (Wildman–Crippen LogP) is 4.46. The van der Waals surface area contributed by atoms with Crippen LogP contribution in [0.5, 0.6) is 5.75 Å². The second-order valence-electron chi connectivity index (χ2n) is 5.41. The van der Waals surface area contributed by atoms with E-state index < -0.39 is 0 Å². The van der Waals surface area contributed by atoms with Gasteiger partial charge in [0.15, 0.2) is 0 Å². The molecule has 102 valence electrons. The highest BCUT2D eigenvalue weighted by Gasteiger charge is 2.09. The summed E-state index contributed by atoms with van der Waals surface area (Å²) < 4.78 is 5.71. The lowest BCUT2D eigenvalue weighted by molar-refractivity contribution is 0.296. The molecule has 0 aliphatic heterocycles. The average Bonchev–Trinajstić information content (AvgIpc) is 2.19. The lowest BCUT2D eigenvalue weighted by Crippen LogP contribution is -2.36. The van der Waals surface area contributed by atoms with Crippen LogP contribution in [0.25, 0.3) is 0 Å². The number of benzene rings is 1. The molecule has 0 radical (unpaired) electrons. The molecule has 0 unspecified atom stereocenters. The van der Waals surface area contributed by atoms with Gasteiger partial charge in [-0.25, -0.2) is 0 Å². The molecular formula is C14H21Cl2NO. The van der Waals surface area contributed by atoms with E-state index in [9.17, 15) is 0 Å². The zero-order chi connectivity index (χ0) is 13.8. The molecule has 0 spiro atoms. The summed E-state index contributed by atoms with van der Waals surface area (Å²) in [5, 5.41) is 4.62. The summed E-state index contributed by atoms with van der Waals surface area (Å²) in [6.07, 6.45) is 0.940. The largest absolute Gasteiger partial charge is 0.492 e. The molecule has 18 heavy (non-hydrogen) atoms.